The van der Waals surface area contributed by atoms with Crippen molar-refractivity contribution in [2.75, 3.05) is 0 Å². The summed E-state index contributed by atoms with van der Waals surface area (Å²) in [7, 11) is 0. The maximum Gasteiger partial charge on any atom is 0.164 e. The smallest absolute Gasteiger partial charge is 0.164 e. The number of benzene rings is 10. The van der Waals surface area contributed by atoms with Crippen LogP contribution in [0.15, 0.2) is 211 Å². The van der Waals surface area contributed by atoms with Crippen LogP contribution in [0.1, 0.15) is 0 Å². The number of hydrogen-bond donors (Lipinski definition) is 0. The van der Waals surface area contributed by atoms with Crippen molar-refractivity contribution >= 4 is 76.1 Å². The van der Waals surface area contributed by atoms with Crippen LogP contribution in [0.4, 0.5) is 0 Å². The Morgan fingerprint density at radius 1 is 0.323 bits per heavy atom. The third-order valence-corrected chi connectivity index (χ3v) is 12.4. The van der Waals surface area contributed by atoms with E-state index in [4.69, 9.17) is 19.4 Å². The molecule has 0 N–H and O–H groups in total. The lowest BCUT2D eigenvalue weighted by Crippen LogP contribution is -2.00. The first-order valence-corrected chi connectivity index (χ1v) is 20.9. The third-order valence-electron chi connectivity index (χ3n) is 12.4. The second kappa shape index (κ2) is 13.6. The van der Waals surface area contributed by atoms with Gasteiger partial charge in [-0.25, -0.2) is 15.0 Å². The SMILES string of the molecule is c1ccc(-c2nc(-c3ccc4oc5cc(-c6cccc7ccccc67)c6ccccc6c5c4c3)nc(-c3cccc4c3c3cc5ccccc5cc3n4-c3ccccc3)n2)cc1. The normalized spacial score (nSPS) is 11.9. The first-order chi connectivity index (χ1) is 30.7. The summed E-state index contributed by atoms with van der Waals surface area (Å²) in [6, 6.07) is 72.7. The molecule has 288 valence electrons. The molecule has 0 aliphatic rings. The molecular weight excluding hydrogens is 757 g/mol. The van der Waals surface area contributed by atoms with E-state index >= 15 is 0 Å². The summed E-state index contributed by atoms with van der Waals surface area (Å²) < 4.78 is 9.07. The zero-order valence-electron chi connectivity index (χ0n) is 33.3. The van der Waals surface area contributed by atoms with Crippen LogP contribution in [0, 0.1) is 0 Å². The van der Waals surface area contributed by atoms with Crippen molar-refractivity contribution in [2.24, 2.45) is 0 Å². The van der Waals surface area contributed by atoms with Gasteiger partial charge in [0.2, 0.25) is 0 Å². The molecule has 0 unspecified atom stereocenters. The van der Waals surface area contributed by atoms with Crippen LogP contribution in [0.5, 0.6) is 0 Å². The molecule has 0 aliphatic carbocycles. The Balaban J connectivity index is 1.05. The van der Waals surface area contributed by atoms with Gasteiger partial charge >= 0.3 is 0 Å². The number of rotatable bonds is 5. The molecule has 0 bridgehead atoms. The molecule has 13 rings (SSSR count). The quantitative estimate of drug-likeness (QED) is 0.174. The monoisotopic (exact) mass is 790 g/mol. The molecule has 0 saturated heterocycles. The van der Waals surface area contributed by atoms with Gasteiger partial charge in [0.25, 0.3) is 0 Å². The predicted molar refractivity (Wildman–Crippen MR) is 256 cm³/mol. The van der Waals surface area contributed by atoms with Gasteiger partial charge in [0.1, 0.15) is 11.2 Å². The van der Waals surface area contributed by atoms with E-state index < -0.39 is 0 Å². The molecular formula is C57H34N4O. The molecule has 0 fully saturated rings. The first-order valence-electron chi connectivity index (χ1n) is 20.9. The molecule has 0 saturated carbocycles. The Labute approximate surface area is 355 Å². The van der Waals surface area contributed by atoms with Gasteiger partial charge in [-0.05, 0) is 98.0 Å². The van der Waals surface area contributed by atoms with Gasteiger partial charge in [-0.3, -0.25) is 0 Å². The Hall–Kier alpha value is -8.41. The molecule has 5 heteroatoms. The van der Waals surface area contributed by atoms with E-state index in [9.17, 15) is 0 Å². The van der Waals surface area contributed by atoms with Gasteiger partial charge in [-0.1, -0.05) is 152 Å². The molecule has 0 aliphatic heterocycles. The van der Waals surface area contributed by atoms with Crippen molar-refractivity contribution in [3.8, 4) is 51.0 Å². The van der Waals surface area contributed by atoms with E-state index in [1.165, 1.54) is 32.5 Å². The minimum absolute atomic E-state index is 0.594. The van der Waals surface area contributed by atoms with Gasteiger partial charge < -0.3 is 8.98 Å². The molecule has 10 aromatic carbocycles. The Kier molecular flexibility index (Phi) is 7.54. The molecule has 0 atom stereocenters. The Morgan fingerprint density at radius 3 is 1.77 bits per heavy atom. The van der Waals surface area contributed by atoms with E-state index in [0.29, 0.717) is 17.5 Å². The molecule has 0 amide bonds. The van der Waals surface area contributed by atoms with Gasteiger partial charge in [0.05, 0.1) is 11.0 Å². The molecule has 0 spiro atoms. The van der Waals surface area contributed by atoms with E-state index in [1.807, 2.05) is 18.2 Å². The highest BCUT2D eigenvalue weighted by Crippen LogP contribution is 2.44. The van der Waals surface area contributed by atoms with E-state index in [0.717, 1.165) is 77.1 Å². The van der Waals surface area contributed by atoms with Crippen molar-refractivity contribution in [1.82, 2.24) is 19.5 Å². The van der Waals surface area contributed by atoms with Crippen molar-refractivity contribution in [1.29, 1.82) is 0 Å². The highest BCUT2D eigenvalue weighted by molar-refractivity contribution is 6.23. The Bertz CT molecular complexity index is 3920. The summed E-state index contributed by atoms with van der Waals surface area (Å²) in [6.07, 6.45) is 0. The topological polar surface area (TPSA) is 56.7 Å². The summed E-state index contributed by atoms with van der Waals surface area (Å²) in [5.74, 6) is 1.82. The zero-order chi connectivity index (χ0) is 40.7. The van der Waals surface area contributed by atoms with Gasteiger partial charge in [-0.2, -0.15) is 0 Å². The second-order valence-electron chi connectivity index (χ2n) is 15.9. The molecule has 13 aromatic rings. The minimum atomic E-state index is 0.594. The average Bonchev–Trinajstić information content (AvgIpc) is 3.88. The van der Waals surface area contributed by atoms with Gasteiger partial charge in [-0.15, -0.1) is 0 Å². The summed E-state index contributed by atoms with van der Waals surface area (Å²) in [6.45, 7) is 0. The van der Waals surface area contributed by atoms with Crippen LogP contribution in [0.3, 0.4) is 0 Å². The number of furan rings is 1. The van der Waals surface area contributed by atoms with Gasteiger partial charge in [0.15, 0.2) is 17.5 Å². The van der Waals surface area contributed by atoms with E-state index in [2.05, 4.69) is 193 Å². The van der Waals surface area contributed by atoms with Crippen LogP contribution in [0.25, 0.3) is 127 Å². The summed E-state index contributed by atoms with van der Waals surface area (Å²) in [5.41, 5.74) is 10.0. The third kappa shape index (κ3) is 5.32. The highest BCUT2D eigenvalue weighted by atomic mass is 16.3. The molecule has 62 heavy (non-hydrogen) atoms. The first kappa shape index (κ1) is 34.5. The number of fused-ring (bicyclic) bond motifs is 10. The lowest BCUT2D eigenvalue weighted by atomic mass is 9.92. The molecule has 5 nitrogen and oxygen atoms in total. The lowest BCUT2D eigenvalue weighted by Gasteiger charge is -2.11. The van der Waals surface area contributed by atoms with Crippen LogP contribution in [0.2, 0.25) is 0 Å². The number of hydrogen-bond acceptors (Lipinski definition) is 4. The standard InChI is InChI=1S/C57H34N4O/c1-3-16-36(17-4-1)55-58-56(60-57(59-55)45-27-14-28-49-53(45)47-31-37-18-7-8-19-38(37)33-50(47)61(49)40-21-5-2-6-22-40)39-29-30-51-48(32-39)54-44-25-12-11-24-43(44)46(34-52(54)62-51)42-26-13-20-35-15-9-10-23-41(35)42/h1-34H. The zero-order valence-corrected chi connectivity index (χ0v) is 33.3. The lowest BCUT2D eigenvalue weighted by molar-refractivity contribution is 0.669. The van der Waals surface area contributed by atoms with E-state index in [-0.39, 0.29) is 0 Å². The number of aromatic nitrogens is 4. The van der Waals surface area contributed by atoms with Crippen LogP contribution >= 0.6 is 0 Å². The van der Waals surface area contributed by atoms with Gasteiger partial charge in [0, 0.05) is 43.9 Å². The molecule has 0 radical (unpaired) electrons. The summed E-state index contributed by atoms with van der Waals surface area (Å²) >= 11 is 0. The van der Waals surface area contributed by atoms with Crippen molar-refractivity contribution < 1.29 is 4.42 Å². The van der Waals surface area contributed by atoms with Crippen LogP contribution < -0.4 is 0 Å². The highest BCUT2D eigenvalue weighted by Gasteiger charge is 2.22. The fraction of sp³-hybridized carbons (Fsp3) is 0. The van der Waals surface area contributed by atoms with Crippen molar-refractivity contribution in [3.05, 3.63) is 206 Å². The minimum Gasteiger partial charge on any atom is -0.456 e. The molecule has 3 heterocycles. The summed E-state index contributed by atoms with van der Waals surface area (Å²) in [5, 5.41) is 11.4. The second-order valence-corrected chi connectivity index (χ2v) is 15.9. The van der Waals surface area contributed by atoms with Crippen LogP contribution in [-0.4, -0.2) is 19.5 Å². The molecule has 3 aromatic heterocycles. The summed E-state index contributed by atoms with van der Waals surface area (Å²) in [4.78, 5) is 15.8. The van der Waals surface area contributed by atoms with Crippen LogP contribution in [-0.2, 0) is 0 Å². The average molecular weight is 791 g/mol. The fourth-order valence-electron chi connectivity index (χ4n) is 9.60. The predicted octanol–water partition coefficient (Wildman–Crippen LogP) is 15.0. The van der Waals surface area contributed by atoms with Crippen molar-refractivity contribution in [3.63, 3.8) is 0 Å². The Morgan fingerprint density at radius 2 is 0.952 bits per heavy atom. The number of nitrogens with zero attached hydrogens (tertiary/aromatic N) is 4. The fourth-order valence-corrected chi connectivity index (χ4v) is 9.60. The maximum atomic E-state index is 6.71. The van der Waals surface area contributed by atoms with Crippen molar-refractivity contribution in [2.45, 2.75) is 0 Å². The van der Waals surface area contributed by atoms with E-state index in [1.54, 1.807) is 0 Å². The number of para-hydroxylation sites is 1. The maximum absolute atomic E-state index is 6.71. The largest absolute Gasteiger partial charge is 0.456 e.